The molecule has 0 saturated heterocycles. The molecule has 0 bridgehead atoms. The quantitative estimate of drug-likeness (QED) is 0.443. The number of fused-ring (bicyclic) bond motifs is 1. The van der Waals surface area contributed by atoms with Crippen LogP contribution >= 0.6 is 22.7 Å². The van der Waals surface area contributed by atoms with Gasteiger partial charge in [-0.1, -0.05) is 29.5 Å². The van der Waals surface area contributed by atoms with E-state index in [0.29, 0.717) is 16.2 Å². The number of para-hydroxylation sites is 1. The van der Waals surface area contributed by atoms with E-state index in [1.807, 2.05) is 0 Å². The number of anilines is 1. The third-order valence-electron chi connectivity index (χ3n) is 3.92. The maximum Gasteiger partial charge on any atom is 0.455 e. The van der Waals surface area contributed by atoms with Gasteiger partial charge in [0, 0.05) is 6.07 Å². The maximum absolute atomic E-state index is 13.0. The minimum atomic E-state index is -5.09. The molecular weight excluding hydrogens is 441 g/mol. The summed E-state index contributed by atoms with van der Waals surface area (Å²) in [5, 5.41) is 3.97. The Bertz CT molecular complexity index is 1320. The van der Waals surface area contributed by atoms with Crippen LogP contribution in [0.5, 0.6) is 0 Å². The highest BCUT2D eigenvalue weighted by molar-refractivity contribution is 7.19. The normalized spacial score (nSPS) is 11.6. The minimum absolute atomic E-state index is 0.174. The van der Waals surface area contributed by atoms with Crippen LogP contribution in [-0.2, 0) is 0 Å². The molecule has 3 aromatic heterocycles. The highest BCUT2D eigenvalue weighted by Gasteiger charge is 2.42. The molecule has 3 heterocycles. The standard InChI is InChI=1S/C19H9F3N2O4S2/c20-19(21,22)16(26)15-14(13-6-3-7-29-13)23-18(30-15)24-17(27)12-8-10(25)9-4-1-2-5-11(9)28-12/h1-8H,(H,23,24,27). The average molecular weight is 450 g/mol. The zero-order valence-corrected chi connectivity index (χ0v) is 16.3. The lowest BCUT2D eigenvalue weighted by atomic mass is 10.2. The first kappa shape index (κ1) is 20.0. The molecule has 0 radical (unpaired) electrons. The second-order valence-electron chi connectivity index (χ2n) is 5.93. The van der Waals surface area contributed by atoms with Crippen molar-refractivity contribution in [3.05, 3.63) is 68.7 Å². The molecule has 1 amide bonds. The molecule has 0 aliphatic heterocycles. The summed E-state index contributed by atoms with van der Waals surface area (Å²) in [5.74, 6) is -3.27. The number of benzene rings is 1. The molecule has 11 heteroatoms. The summed E-state index contributed by atoms with van der Waals surface area (Å²) in [4.78, 5) is 40.2. The van der Waals surface area contributed by atoms with Gasteiger partial charge in [-0.15, -0.1) is 11.3 Å². The highest BCUT2D eigenvalue weighted by atomic mass is 32.1. The van der Waals surface area contributed by atoms with Crippen LogP contribution in [-0.4, -0.2) is 22.9 Å². The molecule has 0 spiro atoms. The third kappa shape index (κ3) is 3.76. The van der Waals surface area contributed by atoms with Gasteiger partial charge in [0.2, 0.25) is 0 Å². The Kier molecular flexibility index (Phi) is 5.00. The van der Waals surface area contributed by atoms with Crippen LogP contribution < -0.4 is 10.7 Å². The first-order valence-electron chi connectivity index (χ1n) is 8.24. The summed E-state index contributed by atoms with van der Waals surface area (Å²) >= 11 is 1.50. The van der Waals surface area contributed by atoms with Crippen molar-refractivity contribution in [1.82, 2.24) is 4.98 Å². The second kappa shape index (κ2) is 7.50. The fourth-order valence-corrected chi connectivity index (χ4v) is 4.33. The molecule has 6 nitrogen and oxygen atoms in total. The Hall–Kier alpha value is -3.31. The van der Waals surface area contributed by atoms with Crippen LogP contribution in [0.4, 0.5) is 18.3 Å². The lowest BCUT2D eigenvalue weighted by Crippen LogP contribution is -2.22. The van der Waals surface area contributed by atoms with E-state index < -0.39 is 28.2 Å². The Labute approximate surface area is 173 Å². The number of nitrogens with zero attached hydrogens (tertiary/aromatic N) is 1. The Balaban J connectivity index is 1.71. The minimum Gasteiger partial charge on any atom is -0.451 e. The van der Waals surface area contributed by atoms with Crippen LogP contribution in [0.3, 0.4) is 0 Å². The topological polar surface area (TPSA) is 89.3 Å². The summed E-state index contributed by atoms with van der Waals surface area (Å²) in [6.45, 7) is 0. The molecule has 0 atom stereocenters. The van der Waals surface area contributed by atoms with Gasteiger partial charge in [-0.2, -0.15) is 13.2 Å². The van der Waals surface area contributed by atoms with Gasteiger partial charge in [0.15, 0.2) is 16.3 Å². The lowest BCUT2D eigenvalue weighted by Gasteiger charge is -2.03. The van der Waals surface area contributed by atoms with Gasteiger partial charge in [0.05, 0.1) is 10.3 Å². The van der Waals surface area contributed by atoms with Gasteiger partial charge in [-0.25, -0.2) is 4.98 Å². The number of nitrogens with one attached hydrogen (secondary N) is 1. The van der Waals surface area contributed by atoms with E-state index in [1.165, 1.54) is 18.2 Å². The van der Waals surface area contributed by atoms with Crippen LogP contribution in [0.15, 0.2) is 57.1 Å². The number of thiazole rings is 1. The molecule has 1 N–H and O–H groups in total. The van der Waals surface area contributed by atoms with Crippen molar-refractivity contribution >= 4 is 50.5 Å². The molecule has 30 heavy (non-hydrogen) atoms. The number of carbonyl (C=O) groups excluding carboxylic acids is 2. The van der Waals surface area contributed by atoms with Crippen molar-refractivity contribution in [2.45, 2.75) is 6.18 Å². The average Bonchev–Trinajstić information content (AvgIpc) is 3.36. The van der Waals surface area contributed by atoms with E-state index in [0.717, 1.165) is 17.4 Å². The summed E-state index contributed by atoms with van der Waals surface area (Å²) in [7, 11) is 0. The van der Waals surface area contributed by atoms with E-state index in [9.17, 15) is 27.6 Å². The number of hydrogen-bond donors (Lipinski definition) is 1. The molecular formula is C19H9F3N2O4S2. The summed E-state index contributed by atoms with van der Waals surface area (Å²) in [6.07, 6.45) is -5.09. The zero-order valence-electron chi connectivity index (χ0n) is 14.6. The van der Waals surface area contributed by atoms with E-state index in [1.54, 1.807) is 23.6 Å². The van der Waals surface area contributed by atoms with Crippen molar-refractivity contribution in [3.63, 3.8) is 0 Å². The zero-order chi connectivity index (χ0) is 21.5. The summed E-state index contributed by atoms with van der Waals surface area (Å²) in [6, 6.07) is 10.4. The summed E-state index contributed by atoms with van der Waals surface area (Å²) < 4.78 is 44.4. The Morgan fingerprint density at radius 2 is 1.87 bits per heavy atom. The predicted molar refractivity (Wildman–Crippen MR) is 106 cm³/mol. The van der Waals surface area contributed by atoms with Crippen LogP contribution in [0.25, 0.3) is 21.5 Å². The van der Waals surface area contributed by atoms with Gasteiger partial charge < -0.3 is 4.42 Å². The Morgan fingerprint density at radius 3 is 2.57 bits per heavy atom. The van der Waals surface area contributed by atoms with Gasteiger partial charge in [0.1, 0.15) is 16.2 Å². The van der Waals surface area contributed by atoms with Crippen molar-refractivity contribution in [1.29, 1.82) is 0 Å². The monoisotopic (exact) mass is 450 g/mol. The number of alkyl halides is 3. The van der Waals surface area contributed by atoms with Crippen molar-refractivity contribution in [2.75, 3.05) is 5.32 Å². The van der Waals surface area contributed by atoms with Gasteiger partial charge in [-0.05, 0) is 23.6 Å². The maximum atomic E-state index is 13.0. The van der Waals surface area contributed by atoms with E-state index in [4.69, 9.17) is 4.42 Å². The number of thiophene rings is 1. The molecule has 0 saturated carbocycles. The predicted octanol–water partition coefficient (Wildman–Crippen LogP) is 4.98. The third-order valence-corrected chi connectivity index (χ3v) is 5.77. The van der Waals surface area contributed by atoms with E-state index in [2.05, 4.69) is 10.3 Å². The SMILES string of the molecule is O=C(Nc1nc(-c2cccs2)c(C(=O)C(F)(F)F)s1)c1cc(=O)c2ccccc2o1. The lowest BCUT2D eigenvalue weighted by molar-refractivity contribution is -0.0882. The molecule has 1 aromatic carbocycles. The van der Waals surface area contributed by atoms with Gasteiger partial charge >= 0.3 is 6.18 Å². The number of hydrogen-bond acceptors (Lipinski definition) is 7. The number of rotatable bonds is 4. The second-order valence-corrected chi connectivity index (χ2v) is 7.87. The van der Waals surface area contributed by atoms with E-state index in [-0.39, 0.29) is 27.6 Å². The number of amides is 1. The molecule has 0 unspecified atom stereocenters. The fraction of sp³-hybridized carbons (Fsp3) is 0.0526. The van der Waals surface area contributed by atoms with Crippen LogP contribution in [0, 0.1) is 0 Å². The van der Waals surface area contributed by atoms with Gasteiger partial charge in [0.25, 0.3) is 11.7 Å². The first-order chi connectivity index (χ1) is 14.2. The number of carbonyl (C=O) groups is 2. The molecule has 152 valence electrons. The first-order valence-corrected chi connectivity index (χ1v) is 9.94. The molecule has 0 aliphatic carbocycles. The number of halogens is 3. The van der Waals surface area contributed by atoms with Crippen LogP contribution in [0.2, 0.25) is 0 Å². The number of Topliss-reactive ketones (excluding diaryl/α,β-unsaturated/α-hetero) is 1. The smallest absolute Gasteiger partial charge is 0.451 e. The number of ketones is 1. The molecule has 0 fully saturated rings. The Morgan fingerprint density at radius 1 is 1.10 bits per heavy atom. The fourth-order valence-electron chi connectivity index (χ4n) is 2.61. The number of aromatic nitrogens is 1. The van der Waals surface area contributed by atoms with Crippen molar-refractivity contribution in [2.24, 2.45) is 0 Å². The van der Waals surface area contributed by atoms with Gasteiger partial charge in [-0.3, -0.25) is 19.7 Å². The van der Waals surface area contributed by atoms with Crippen molar-refractivity contribution < 1.29 is 27.2 Å². The van der Waals surface area contributed by atoms with Crippen LogP contribution in [0.1, 0.15) is 20.2 Å². The summed E-state index contributed by atoms with van der Waals surface area (Å²) in [5.41, 5.74) is -0.442. The molecule has 4 rings (SSSR count). The largest absolute Gasteiger partial charge is 0.455 e. The van der Waals surface area contributed by atoms with Crippen molar-refractivity contribution in [3.8, 4) is 10.6 Å². The van der Waals surface area contributed by atoms with E-state index >= 15 is 0 Å². The molecule has 0 aliphatic rings. The molecule has 4 aromatic rings. The highest BCUT2D eigenvalue weighted by Crippen LogP contribution is 2.37.